The number of aliphatic hydroxyl groups excluding tert-OH is 1. The molecule has 0 unspecified atom stereocenters. The summed E-state index contributed by atoms with van der Waals surface area (Å²) in [6.07, 6.45) is 0.847. The van der Waals surface area contributed by atoms with Gasteiger partial charge in [-0.15, -0.1) is 0 Å². The molecule has 1 amide bonds. The molecule has 0 aliphatic carbocycles. The second kappa shape index (κ2) is 7.27. The number of rotatable bonds is 5. The number of carbonyl (C=O) groups is 1. The Bertz CT molecular complexity index is 313. The van der Waals surface area contributed by atoms with Crippen LogP contribution in [0.4, 0.5) is 4.79 Å². The van der Waals surface area contributed by atoms with E-state index >= 15 is 0 Å². The number of ether oxygens (including phenoxy) is 1. The van der Waals surface area contributed by atoms with Gasteiger partial charge in [-0.2, -0.15) is 0 Å². The predicted octanol–water partition coefficient (Wildman–Crippen LogP) is 1.95. The van der Waals surface area contributed by atoms with Crippen LogP contribution >= 0.6 is 0 Å². The first-order valence-electron chi connectivity index (χ1n) is 7.55. The van der Waals surface area contributed by atoms with Gasteiger partial charge in [-0.05, 0) is 53.5 Å². The molecule has 0 radical (unpaired) electrons. The van der Waals surface area contributed by atoms with Crippen LogP contribution in [0.5, 0.6) is 0 Å². The molecule has 1 rings (SSSR count). The summed E-state index contributed by atoms with van der Waals surface area (Å²) in [6, 6.07) is 0.136. The molecule has 1 heterocycles. The predicted molar refractivity (Wildman–Crippen MR) is 79.7 cm³/mol. The van der Waals surface area contributed by atoms with Gasteiger partial charge < -0.3 is 19.6 Å². The maximum absolute atomic E-state index is 12.2. The van der Waals surface area contributed by atoms with Crippen LogP contribution in [0.2, 0.25) is 0 Å². The summed E-state index contributed by atoms with van der Waals surface area (Å²) in [5.74, 6) is 0.469. The van der Waals surface area contributed by atoms with Gasteiger partial charge in [-0.3, -0.25) is 0 Å². The van der Waals surface area contributed by atoms with Crippen molar-refractivity contribution < 1.29 is 14.6 Å². The zero-order chi connectivity index (χ0) is 15.3. The molecule has 0 aromatic heterocycles. The van der Waals surface area contributed by atoms with E-state index < -0.39 is 5.60 Å². The molecule has 0 spiro atoms. The molecule has 1 aliphatic heterocycles. The van der Waals surface area contributed by atoms with Gasteiger partial charge in [0.1, 0.15) is 5.60 Å². The molecule has 5 heteroatoms. The molecule has 1 saturated heterocycles. The first kappa shape index (κ1) is 17.2. The van der Waals surface area contributed by atoms with Gasteiger partial charge in [0.2, 0.25) is 0 Å². The SMILES string of the molecule is CC(C)N(C[C@H]1CCN(CCO)C1)C(=O)OC(C)(C)C. The smallest absolute Gasteiger partial charge is 0.410 e. The van der Waals surface area contributed by atoms with E-state index in [1.165, 1.54) is 0 Å². The van der Waals surface area contributed by atoms with Crippen molar-refractivity contribution in [2.75, 3.05) is 32.8 Å². The molecule has 1 aliphatic rings. The zero-order valence-electron chi connectivity index (χ0n) is 13.6. The summed E-state index contributed by atoms with van der Waals surface area (Å²) in [6.45, 7) is 13.3. The maximum atomic E-state index is 12.2. The topological polar surface area (TPSA) is 53.0 Å². The van der Waals surface area contributed by atoms with E-state index in [1.807, 2.05) is 39.5 Å². The second-order valence-electron chi connectivity index (χ2n) is 6.91. The second-order valence-corrected chi connectivity index (χ2v) is 6.91. The lowest BCUT2D eigenvalue weighted by Crippen LogP contribution is -2.44. The Labute approximate surface area is 122 Å². The van der Waals surface area contributed by atoms with Crippen LogP contribution in [-0.2, 0) is 4.74 Å². The fraction of sp³-hybridized carbons (Fsp3) is 0.933. The highest BCUT2D eigenvalue weighted by Crippen LogP contribution is 2.20. The van der Waals surface area contributed by atoms with E-state index in [4.69, 9.17) is 9.84 Å². The van der Waals surface area contributed by atoms with Crippen molar-refractivity contribution in [3.05, 3.63) is 0 Å². The summed E-state index contributed by atoms with van der Waals surface area (Å²) in [4.78, 5) is 16.3. The van der Waals surface area contributed by atoms with Gasteiger partial charge in [-0.1, -0.05) is 0 Å². The number of aliphatic hydroxyl groups is 1. The van der Waals surface area contributed by atoms with Gasteiger partial charge in [0.15, 0.2) is 0 Å². The van der Waals surface area contributed by atoms with Crippen molar-refractivity contribution in [3.8, 4) is 0 Å². The van der Waals surface area contributed by atoms with Gasteiger partial charge in [0.25, 0.3) is 0 Å². The zero-order valence-corrected chi connectivity index (χ0v) is 13.6. The Morgan fingerprint density at radius 3 is 2.60 bits per heavy atom. The van der Waals surface area contributed by atoms with Gasteiger partial charge >= 0.3 is 6.09 Å². The number of carbonyl (C=O) groups excluding carboxylic acids is 1. The van der Waals surface area contributed by atoms with Crippen LogP contribution in [0, 0.1) is 5.92 Å². The normalized spacial score (nSPS) is 20.4. The number of hydrogen-bond acceptors (Lipinski definition) is 4. The minimum atomic E-state index is -0.456. The number of β-amino-alcohol motifs (C(OH)–C–C–N with tert-alkyl or cyclic N) is 1. The van der Waals surface area contributed by atoms with Crippen LogP contribution in [0.3, 0.4) is 0 Å². The van der Waals surface area contributed by atoms with E-state index in [1.54, 1.807) is 0 Å². The molecule has 0 aromatic carbocycles. The molecule has 0 bridgehead atoms. The van der Waals surface area contributed by atoms with Crippen LogP contribution in [-0.4, -0.2) is 65.4 Å². The Kier molecular flexibility index (Phi) is 6.27. The largest absolute Gasteiger partial charge is 0.444 e. The summed E-state index contributed by atoms with van der Waals surface area (Å²) in [7, 11) is 0. The number of amides is 1. The van der Waals surface area contributed by atoms with Crippen molar-refractivity contribution in [2.45, 2.75) is 52.7 Å². The van der Waals surface area contributed by atoms with Crippen LogP contribution in [0.25, 0.3) is 0 Å². The maximum Gasteiger partial charge on any atom is 0.410 e. The van der Waals surface area contributed by atoms with Crippen molar-refractivity contribution in [2.24, 2.45) is 5.92 Å². The van der Waals surface area contributed by atoms with Crippen LogP contribution in [0.15, 0.2) is 0 Å². The minimum Gasteiger partial charge on any atom is -0.444 e. The summed E-state index contributed by atoms with van der Waals surface area (Å²) < 4.78 is 5.48. The van der Waals surface area contributed by atoms with E-state index in [2.05, 4.69) is 4.90 Å². The van der Waals surface area contributed by atoms with Gasteiger partial charge in [0.05, 0.1) is 6.61 Å². The van der Waals surface area contributed by atoms with Crippen LogP contribution < -0.4 is 0 Å². The lowest BCUT2D eigenvalue weighted by Gasteiger charge is -2.32. The van der Waals surface area contributed by atoms with Crippen molar-refractivity contribution in [3.63, 3.8) is 0 Å². The highest BCUT2D eigenvalue weighted by Gasteiger charge is 2.29. The molecule has 1 atom stereocenters. The Balaban J connectivity index is 2.54. The molecule has 0 aromatic rings. The first-order valence-corrected chi connectivity index (χ1v) is 7.55. The summed E-state index contributed by atoms with van der Waals surface area (Å²) >= 11 is 0. The number of likely N-dealkylation sites (tertiary alicyclic amines) is 1. The molecule has 118 valence electrons. The summed E-state index contributed by atoms with van der Waals surface area (Å²) in [5, 5.41) is 8.97. The molecule has 5 nitrogen and oxygen atoms in total. The van der Waals surface area contributed by atoms with E-state index in [-0.39, 0.29) is 18.7 Å². The van der Waals surface area contributed by atoms with Gasteiger partial charge in [0, 0.05) is 25.7 Å². The third-order valence-corrected chi connectivity index (χ3v) is 3.49. The molecule has 1 fully saturated rings. The monoisotopic (exact) mass is 286 g/mol. The first-order chi connectivity index (χ1) is 9.23. The number of hydrogen-bond donors (Lipinski definition) is 1. The van der Waals surface area contributed by atoms with E-state index in [0.29, 0.717) is 5.92 Å². The standard InChI is InChI=1S/C15H30N2O3/c1-12(2)17(14(19)20-15(3,4)5)11-13-6-7-16(10-13)8-9-18/h12-13,18H,6-11H2,1-5H3/t13-/m0/s1. The van der Waals surface area contributed by atoms with E-state index in [9.17, 15) is 4.79 Å². The molecular weight excluding hydrogens is 256 g/mol. The van der Waals surface area contributed by atoms with Crippen molar-refractivity contribution in [1.82, 2.24) is 9.80 Å². The average Bonchev–Trinajstić information content (AvgIpc) is 2.71. The highest BCUT2D eigenvalue weighted by atomic mass is 16.6. The van der Waals surface area contributed by atoms with E-state index in [0.717, 1.165) is 32.6 Å². The number of nitrogens with zero attached hydrogens (tertiary/aromatic N) is 2. The average molecular weight is 286 g/mol. The molecule has 1 N–H and O–H groups in total. The third kappa shape index (κ3) is 5.67. The Morgan fingerprint density at radius 1 is 1.45 bits per heavy atom. The van der Waals surface area contributed by atoms with Gasteiger partial charge in [-0.25, -0.2) is 4.79 Å². The Hall–Kier alpha value is -0.810. The molecule has 20 heavy (non-hydrogen) atoms. The quantitative estimate of drug-likeness (QED) is 0.839. The Morgan fingerprint density at radius 2 is 2.10 bits per heavy atom. The van der Waals surface area contributed by atoms with Crippen molar-refractivity contribution >= 4 is 6.09 Å². The minimum absolute atomic E-state index is 0.136. The highest BCUT2D eigenvalue weighted by molar-refractivity contribution is 5.68. The third-order valence-electron chi connectivity index (χ3n) is 3.49. The lowest BCUT2D eigenvalue weighted by molar-refractivity contribution is 0.0158. The fourth-order valence-corrected chi connectivity index (χ4v) is 2.50. The lowest BCUT2D eigenvalue weighted by atomic mass is 10.1. The molecule has 0 saturated carbocycles. The fourth-order valence-electron chi connectivity index (χ4n) is 2.50. The summed E-state index contributed by atoms with van der Waals surface area (Å²) in [5.41, 5.74) is -0.456. The van der Waals surface area contributed by atoms with Crippen LogP contribution in [0.1, 0.15) is 41.0 Å². The molecular formula is C15H30N2O3. The van der Waals surface area contributed by atoms with Crippen molar-refractivity contribution in [1.29, 1.82) is 0 Å².